The van der Waals surface area contributed by atoms with Crippen LogP contribution in [0.2, 0.25) is 0 Å². The van der Waals surface area contributed by atoms with Crippen LogP contribution in [0.3, 0.4) is 0 Å². The van der Waals surface area contributed by atoms with Crippen LogP contribution in [0.25, 0.3) is 15.9 Å². The van der Waals surface area contributed by atoms with Gasteiger partial charge in [-0.25, -0.2) is 9.97 Å². The number of pyridine rings is 2. The Balaban J connectivity index is 1.21. The zero-order valence-corrected chi connectivity index (χ0v) is 19.5. The molecule has 4 aromatic rings. The third-order valence-electron chi connectivity index (χ3n) is 6.61. The molecule has 2 aliphatic rings. The third-order valence-corrected chi connectivity index (χ3v) is 7.65. The van der Waals surface area contributed by atoms with Gasteiger partial charge in [-0.05, 0) is 50.7 Å². The average molecular weight is 463 g/mol. The monoisotopic (exact) mass is 462 g/mol. The normalized spacial score (nSPS) is 21.5. The van der Waals surface area contributed by atoms with Gasteiger partial charge in [0, 0.05) is 37.4 Å². The predicted molar refractivity (Wildman–Crippen MR) is 130 cm³/mol. The van der Waals surface area contributed by atoms with Gasteiger partial charge in [-0.1, -0.05) is 0 Å². The molecule has 1 N–H and O–H groups in total. The number of fused-ring (bicyclic) bond motifs is 3. The number of carbonyl (C=O) groups excluding carboxylic acids is 1. The molecule has 2 aliphatic heterocycles. The number of rotatable bonds is 3. The highest BCUT2D eigenvalue weighted by Gasteiger charge is 2.35. The number of likely N-dealkylation sites (N-methyl/N-ethyl adjacent to an activating group) is 1. The molecule has 0 bridgehead atoms. The lowest BCUT2D eigenvalue weighted by Gasteiger charge is -2.46. The second kappa shape index (κ2) is 8.09. The van der Waals surface area contributed by atoms with Gasteiger partial charge in [0.2, 0.25) is 0 Å². The number of hydrogen-bond acceptors (Lipinski definition) is 7. The summed E-state index contributed by atoms with van der Waals surface area (Å²) in [5, 5.41) is 3.99. The molecule has 0 aliphatic carbocycles. The lowest BCUT2D eigenvalue weighted by Crippen LogP contribution is -2.58. The number of imidazole rings is 1. The highest BCUT2D eigenvalue weighted by atomic mass is 32.1. The van der Waals surface area contributed by atoms with Gasteiger partial charge in [0.15, 0.2) is 0 Å². The fraction of sp³-hybridized carbons (Fsp3) is 0.375. The standard InChI is InChI=1S/C24H26N6O2S/c1-15-12-30-13-17(4-6-21(30)25-15)26-23(31)20-11-16-3-5-22(27-24(16)33-20)29-8-7-19-18(14-29)28(2)9-10-32-19/h3-6,11-13,18-19H,7-10,14H2,1-2H3,(H,26,31). The molecule has 9 heteroatoms. The van der Waals surface area contributed by atoms with E-state index in [1.165, 1.54) is 11.3 Å². The number of piperidine rings is 1. The highest BCUT2D eigenvalue weighted by molar-refractivity contribution is 7.20. The van der Waals surface area contributed by atoms with Crippen LogP contribution in [0.15, 0.2) is 42.7 Å². The maximum Gasteiger partial charge on any atom is 0.265 e. The molecular weight excluding hydrogens is 436 g/mol. The molecule has 1 amide bonds. The SMILES string of the molecule is Cc1cn2cc(NC(=O)c3cc4ccc(N5CCC6OCCN(C)C6C5)nc4s3)ccc2n1. The molecule has 2 atom stereocenters. The fourth-order valence-corrected chi connectivity index (χ4v) is 5.75. The quantitative estimate of drug-likeness (QED) is 0.503. The molecule has 0 radical (unpaired) electrons. The first-order valence-corrected chi connectivity index (χ1v) is 12.1. The number of thiophene rings is 1. The van der Waals surface area contributed by atoms with Crippen LogP contribution in [0.1, 0.15) is 21.8 Å². The Morgan fingerprint density at radius 3 is 3.00 bits per heavy atom. The van der Waals surface area contributed by atoms with Crippen LogP contribution in [0.4, 0.5) is 11.5 Å². The molecule has 2 fully saturated rings. The van der Waals surface area contributed by atoms with Crippen molar-refractivity contribution in [2.75, 3.05) is 43.5 Å². The van der Waals surface area contributed by atoms with Crippen LogP contribution >= 0.6 is 11.3 Å². The van der Waals surface area contributed by atoms with E-state index in [0.717, 1.165) is 65.7 Å². The lowest BCUT2D eigenvalue weighted by molar-refractivity contribution is -0.0687. The van der Waals surface area contributed by atoms with E-state index >= 15 is 0 Å². The summed E-state index contributed by atoms with van der Waals surface area (Å²) < 4.78 is 7.89. The molecule has 2 saturated heterocycles. The molecule has 2 unspecified atom stereocenters. The maximum absolute atomic E-state index is 12.9. The number of anilines is 2. The first-order valence-electron chi connectivity index (χ1n) is 11.3. The predicted octanol–water partition coefficient (Wildman–Crippen LogP) is 3.41. The van der Waals surface area contributed by atoms with Crippen molar-refractivity contribution in [2.45, 2.75) is 25.5 Å². The van der Waals surface area contributed by atoms with Crippen molar-refractivity contribution in [1.82, 2.24) is 19.3 Å². The summed E-state index contributed by atoms with van der Waals surface area (Å²) in [5.41, 5.74) is 2.54. The van der Waals surface area contributed by atoms with Crippen LogP contribution in [0.5, 0.6) is 0 Å². The molecule has 6 rings (SSSR count). The second-order valence-electron chi connectivity index (χ2n) is 8.89. The summed E-state index contributed by atoms with van der Waals surface area (Å²) in [7, 11) is 2.18. The van der Waals surface area contributed by atoms with Gasteiger partial charge in [0.05, 0.1) is 35.0 Å². The molecule has 4 aromatic heterocycles. The number of hydrogen-bond donors (Lipinski definition) is 1. The van der Waals surface area contributed by atoms with Gasteiger partial charge in [0.25, 0.3) is 5.91 Å². The number of aryl methyl sites for hydroxylation is 1. The lowest BCUT2D eigenvalue weighted by atomic mass is 9.99. The van der Waals surface area contributed by atoms with E-state index in [9.17, 15) is 4.79 Å². The summed E-state index contributed by atoms with van der Waals surface area (Å²) in [4.78, 5) is 28.5. The minimum absolute atomic E-state index is 0.127. The van der Waals surface area contributed by atoms with E-state index in [1.54, 1.807) is 0 Å². The van der Waals surface area contributed by atoms with Gasteiger partial charge in [-0.3, -0.25) is 9.69 Å². The maximum atomic E-state index is 12.9. The van der Waals surface area contributed by atoms with Gasteiger partial charge in [0.1, 0.15) is 16.3 Å². The topological polar surface area (TPSA) is 75.0 Å². The van der Waals surface area contributed by atoms with E-state index in [4.69, 9.17) is 9.72 Å². The summed E-state index contributed by atoms with van der Waals surface area (Å²) in [6.07, 6.45) is 5.14. The van der Waals surface area contributed by atoms with Gasteiger partial charge >= 0.3 is 0 Å². The number of nitrogens with zero attached hydrogens (tertiary/aromatic N) is 5. The minimum atomic E-state index is -0.127. The smallest absolute Gasteiger partial charge is 0.265 e. The molecule has 0 aromatic carbocycles. The Labute approximate surface area is 195 Å². The molecule has 33 heavy (non-hydrogen) atoms. The molecule has 170 valence electrons. The van der Waals surface area contributed by atoms with Crippen LogP contribution < -0.4 is 10.2 Å². The van der Waals surface area contributed by atoms with Gasteiger partial charge in [-0.15, -0.1) is 11.3 Å². The van der Waals surface area contributed by atoms with E-state index in [2.05, 4.69) is 39.3 Å². The number of carbonyl (C=O) groups is 1. The molecule has 0 spiro atoms. The fourth-order valence-electron chi connectivity index (χ4n) is 4.83. The molecule has 6 heterocycles. The van der Waals surface area contributed by atoms with Crippen molar-refractivity contribution in [2.24, 2.45) is 0 Å². The highest BCUT2D eigenvalue weighted by Crippen LogP contribution is 2.30. The molecule has 0 saturated carbocycles. The van der Waals surface area contributed by atoms with Gasteiger partial charge < -0.3 is 19.4 Å². The number of ether oxygens (including phenoxy) is 1. The van der Waals surface area contributed by atoms with Crippen molar-refractivity contribution in [3.63, 3.8) is 0 Å². The summed E-state index contributed by atoms with van der Waals surface area (Å²) in [5.74, 6) is 0.840. The molecule has 8 nitrogen and oxygen atoms in total. The van der Waals surface area contributed by atoms with E-state index in [0.29, 0.717) is 17.0 Å². The van der Waals surface area contributed by atoms with Crippen LogP contribution in [-0.4, -0.2) is 70.6 Å². The zero-order chi connectivity index (χ0) is 22.5. The Morgan fingerprint density at radius 2 is 2.09 bits per heavy atom. The minimum Gasteiger partial charge on any atom is -0.375 e. The zero-order valence-electron chi connectivity index (χ0n) is 18.7. The second-order valence-corrected chi connectivity index (χ2v) is 9.92. The van der Waals surface area contributed by atoms with Crippen molar-refractivity contribution >= 4 is 44.6 Å². The number of morpholine rings is 1. The first-order chi connectivity index (χ1) is 16.0. The summed E-state index contributed by atoms with van der Waals surface area (Å²) >= 11 is 1.43. The molecular formula is C24H26N6O2S. The van der Waals surface area contributed by atoms with E-state index < -0.39 is 0 Å². The van der Waals surface area contributed by atoms with Crippen LogP contribution in [0, 0.1) is 6.92 Å². The average Bonchev–Trinajstić information content (AvgIpc) is 3.41. The van der Waals surface area contributed by atoms with Crippen molar-refractivity contribution in [1.29, 1.82) is 0 Å². The van der Waals surface area contributed by atoms with Crippen molar-refractivity contribution in [3.05, 3.63) is 53.3 Å². The van der Waals surface area contributed by atoms with Crippen molar-refractivity contribution < 1.29 is 9.53 Å². The van der Waals surface area contributed by atoms with E-state index in [1.807, 2.05) is 41.9 Å². The third kappa shape index (κ3) is 3.86. The Hall–Kier alpha value is -3.01. The van der Waals surface area contributed by atoms with Gasteiger partial charge in [-0.2, -0.15) is 0 Å². The Bertz CT molecular complexity index is 1350. The summed E-state index contributed by atoms with van der Waals surface area (Å²) in [6, 6.07) is 10.2. The Morgan fingerprint density at radius 1 is 1.18 bits per heavy atom. The first kappa shape index (κ1) is 20.6. The van der Waals surface area contributed by atoms with Crippen LogP contribution in [-0.2, 0) is 4.74 Å². The number of amides is 1. The summed E-state index contributed by atoms with van der Waals surface area (Å²) in [6.45, 7) is 5.58. The van der Waals surface area contributed by atoms with Crippen molar-refractivity contribution in [3.8, 4) is 0 Å². The largest absolute Gasteiger partial charge is 0.375 e. The number of nitrogens with one attached hydrogen (secondary N) is 1. The van der Waals surface area contributed by atoms with E-state index in [-0.39, 0.29) is 5.91 Å². The Kier molecular flexibility index (Phi) is 5.05. The number of aromatic nitrogens is 3.